The molecular weight excluding hydrogens is 259 g/mol. The Hall–Kier alpha value is -1.95. The fourth-order valence-electron chi connectivity index (χ4n) is 2.46. The third-order valence-electron chi connectivity index (χ3n) is 3.50. The zero-order valence-electron chi connectivity index (χ0n) is 11.4. The molecule has 1 aromatic heterocycles. The highest BCUT2D eigenvalue weighted by atomic mass is 19.1. The standard InChI is InChI=1S/C14H17FN4O/c1-11-16-14(17-20-11)10-18-6-8-19(9-7-18)13-5-3-2-4-12(13)15/h2-5H,6-10H2,1H3. The molecule has 1 aromatic carbocycles. The quantitative estimate of drug-likeness (QED) is 0.856. The van der Waals surface area contributed by atoms with Crippen molar-refractivity contribution in [2.45, 2.75) is 13.5 Å². The van der Waals surface area contributed by atoms with Crippen LogP contribution >= 0.6 is 0 Å². The van der Waals surface area contributed by atoms with Crippen LogP contribution in [-0.2, 0) is 6.54 Å². The maximum atomic E-state index is 13.7. The molecule has 0 N–H and O–H groups in total. The van der Waals surface area contributed by atoms with Crippen molar-refractivity contribution >= 4 is 5.69 Å². The number of benzene rings is 1. The van der Waals surface area contributed by atoms with Crippen molar-refractivity contribution in [1.82, 2.24) is 15.0 Å². The summed E-state index contributed by atoms with van der Waals surface area (Å²) in [4.78, 5) is 8.53. The summed E-state index contributed by atoms with van der Waals surface area (Å²) in [5, 5.41) is 3.90. The Morgan fingerprint density at radius 1 is 1.20 bits per heavy atom. The molecule has 0 saturated carbocycles. The second-order valence-corrected chi connectivity index (χ2v) is 4.94. The molecule has 3 rings (SSSR count). The fraction of sp³-hybridized carbons (Fsp3) is 0.429. The number of hydrogen-bond donors (Lipinski definition) is 0. The van der Waals surface area contributed by atoms with Crippen molar-refractivity contribution < 1.29 is 8.91 Å². The highest BCUT2D eigenvalue weighted by Crippen LogP contribution is 2.20. The lowest BCUT2D eigenvalue weighted by molar-refractivity contribution is 0.239. The molecule has 0 spiro atoms. The monoisotopic (exact) mass is 276 g/mol. The lowest BCUT2D eigenvalue weighted by Gasteiger charge is -2.35. The first-order valence-corrected chi connectivity index (χ1v) is 6.73. The van der Waals surface area contributed by atoms with Crippen LogP contribution in [0.2, 0.25) is 0 Å². The molecule has 2 heterocycles. The van der Waals surface area contributed by atoms with Crippen LogP contribution in [0.5, 0.6) is 0 Å². The summed E-state index contributed by atoms with van der Waals surface area (Å²) in [5.74, 6) is 1.14. The largest absolute Gasteiger partial charge is 0.367 e. The van der Waals surface area contributed by atoms with Gasteiger partial charge in [-0.2, -0.15) is 4.98 Å². The minimum atomic E-state index is -0.158. The van der Waals surface area contributed by atoms with Crippen molar-refractivity contribution in [3.63, 3.8) is 0 Å². The summed E-state index contributed by atoms with van der Waals surface area (Å²) in [6.45, 7) is 5.80. The summed E-state index contributed by atoms with van der Waals surface area (Å²) >= 11 is 0. The topological polar surface area (TPSA) is 45.4 Å². The van der Waals surface area contributed by atoms with Gasteiger partial charge < -0.3 is 9.42 Å². The van der Waals surface area contributed by atoms with E-state index in [1.807, 2.05) is 12.1 Å². The van der Waals surface area contributed by atoms with E-state index in [-0.39, 0.29) is 5.82 Å². The molecular formula is C14H17FN4O. The minimum Gasteiger partial charge on any atom is -0.367 e. The Morgan fingerprint density at radius 3 is 2.60 bits per heavy atom. The second-order valence-electron chi connectivity index (χ2n) is 4.94. The predicted molar refractivity (Wildman–Crippen MR) is 72.9 cm³/mol. The Labute approximate surface area is 117 Å². The lowest BCUT2D eigenvalue weighted by Crippen LogP contribution is -2.46. The normalized spacial score (nSPS) is 16.6. The van der Waals surface area contributed by atoms with Crippen LogP contribution in [-0.4, -0.2) is 41.2 Å². The van der Waals surface area contributed by atoms with Crippen LogP contribution in [0, 0.1) is 12.7 Å². The van der Waals surface area contributed by atoms with E-state index in [0.717, 1.165) is 26.2 Å². The maximum Gasteiger partial charge on any atom is 0.223 e. The Balaban J connectivity index is 1.58. The second kappa shape index (κ2) is 5.58. The smallest absolute Gasteiger partial charge is 0.223 e. The number of rotatable bonds is 3. The van der Waals surface area contributed by atoms with Crippen LogP contribution in [0.3, 0.4) is 0 Å². The molecule has 0 radical (unpaired) electrons. The van der Waals surface area contributed by atoms with Gasteiger partial charge in [0, 0.05) is 33.1 Å². The third-order valence-corrected chi connectivity index (χ3v) is 3.50. The minimum absolute atomic E-state index is 0.158. The molecule has 5 nitrogen and oxygen atoms in total. The maximum absolute atomic E-state index is 13.7. The summed E-state index contributed by atoms with van der Waals surface area (Å²) in [6.07, 6.45) is 0. The number of aromatic nitrogens is 2. The molecule has 1 aliphatic heterocycles. The van der Waals surface area contributed by atoms with E-state index in [2.05, 4.69) is 19.9 Å². The lowest BCUT2D eigenvalue weighted by atomic mass is 10.2. The SMILES string of the molecule is Cc1nc(CN2CCN(c3ccccc3F)CC2)no1. The molecule has 2 aromatic rings. The zero-order chi connectivity index (χ0) is 13.9. The molecule has 1 fully saturated rings. The van der Waals surface area contributed by atoms with Gasteiger partial charge in [-0.15, -0.1) is 0 Å². The molecule has 20 heavy (non-hydrogen) atoms. The van der Waals surface area contributed by atoms with Crippen molar-refractivity contribution in [3.8, 4) is 0 Å². The van der Waals surface area contributed by atoms with E-state index in [1.54, 1.807) is 13.0 Å². The van der Waals surface area contributed by atoms with Gasteiger partial charge in [0.2, 0.25) is 5.89 Å². The van der Waals surface area contributed by atoms with Crippen molar-refractivity contribution in [1.29, 1.82) is 0 Å². The first-order valence-electron chi connectivity index (χ1n) is 6.73. The van der Waals surface area contributed by atoms with Gasteiger partial charge in [-0.05, 0) is 12.1 Å². The Kier molecular flexibility index (Phi) is 3.64. The zero-order valence-corrected chi connectivity index (χ0v) is 11.4. The molecule has 106 valence electrons. The Morgan fingerprint density at radius 2 is 1.95 bits per heavy atom. The molecule has 0 amide bonds. The van der Waals surface area contributed by atoms with Crippen LogP contribution in [0.1, 0.15) is 11.7 Å². The number of anilines is 1. The van der Waals surface area contributed by atoms with E-state index in [4.69, 9.17) is 4.52 Å². The summed E-state index contributed by atoms with van der Waals surface area (Å²) in [5.41, 5.74) is 0.683. The Bertz CT molecular complexity index is 578. The van der Waals surface area contributed by atoms with Crippen LogP contribution in [0.4, 0.5) is 10.1 Å². The first-order chi connectivity index (χ1) is 9.72. The van der Waals surface area contributed by atoms with Crippen molar-refractivity contribution in [2.24, 2.45) is 0 Å². The van der Waals surface area contributed by atoms with Gasteiger partial charge in [0.05, 0.1) is 12.2 Å². The molecule has 0 unspecified atom stereocenters. The highest BCUT2D eigenvalue weighted by molar-refractivity contribution is 5.47. The van der Waals surface area contributed by atoms with Crippen LogP contribution in [0.25, 0.3) is 0 Å². The molecule has 1 aliphatic rings. The number of halogens is 1. The van der Waals surface area contributed by atoms with Gasteiger partial charge in [-0.25, -0.2) is 4.39 Å². The van der Waals surface area contributed by atoms with Crippen LogP contribution in [0.15, 0.2) is 28.8 Å². The first kappa shape index (κ1) is 13.1. The molecule has 6 heteroatoms. The van der Waals surface area contributed by atoms with Gasteiger partial charge in [0.1, 0.15) is 5.82 Å². The number of aryl methyl sites for hydroxylation is 1. The number of para-hydroxylation sites is 1. The van der Waals surface area contributed by atoms with Gasteiger partial charge >= 0.3 is 0 Å². The number of piperazine rings is 1. The molecule has 0 bridgehead atoms. The average molecular weight is 276 g/mol. The third kappa shape index (κ3) is 2.80. The number of hydrogen-bond acceptors (Lipinski definition) is 5. The van der Waals surface area contributed by atoms with Crippen molar-refractivity contribution in [2.75, 3.05) is 31.1 Å². The van der Waals surface area contributed by atoms with Gasteiger partial charge in [0.25, 0.3) is 0 Å². The van der Waals surface area contributed by atoms with E-state index >= 15 is 0 Å². The average Bonchev–Trinajstić information content (AvgIpc) is 2.86. The van der Waals surface area contributed by atoms with Gasteiger partial charge in [0.15, 0.2) is 5.82 Å². The fourth-order valence-corrected chi connectivity index (χ4v) is 2.46. The van der Waals surface area contributed by atoms with E-state index in [9.17, 15) is 4.39 Å². The summed E-state index contributed by atoms with van der Waals surface area (Å²) in [6, 6.07) is 6.91. The summed E-state index contributed by atoms with van der Waals surface area (Å²) in [7, 11) is 0. The summed E-state index contributed by atoms with van der Waals surface area (Å²) < 4.78 is 18.7. The molecule has 1 saturated heterocycles. The molecule has 0 atom stereocenters. The number of nitrogens with zero attached hydrogens (tertiary/aromatic N) is 4. The van der Waals surface area contributed by atoms with Crippen molar-refractivity contribution in [3.05, 3.63) is 41.8 Å². The predicted octanol–water partition coefficient (Wildman–Crippen LogP) is 1.84. The van der Waals surface area contributed by atoms with Crippen LogP contribution < -0.4 is 4.90 Å². The van der Waals surface area contributed by atoms with Gasteiger partial charge in [-0.1, -0.05) is 17.3 Å². The van der Waals surface area contributed by atoms with E-state index in [0.29, 0.717) is 23.9 Å². The van der Waals surface area contributed by atoms with E-state index < -0.39 is 0 Å². The highest BCUT2D eigenvalue weighted by Gasteiger charge is 2.20. The van der Waals surface area contributed by atoms with E-state index in [1.165, 1.54) is 6.07 Å². The molecule has 0 aliphatic carbocycles. The van der Waals surface area contributed by atoms with Gasteiger partial charge in [-0.3, -0.25) is 4.90 Å².